The molecule has 13 heavy (non-hydrogen) atoms. The number of allylic oxidation sites excluding steroid dienone is 1. The van der Waals surface area contributed by atoms with Crippen molar-refractivity contribution in [1.29, 1.82) is 0 Å². The van der Waals surface area contributed by atoms with E-state index in [1.54, 1.807) is 12.1 Å². The molecule has 0 aliphatic carbocycles. The number of halogens is 2. The summed E-state index contributed by atoms with van der Waals surface area (Å²) in [4.78, 5) is 3.96. The van der Waals surface area contributed by atoms with Crippen LogP contribution in [0.5, 0.6) is 5.75 Å². The van der Waals surface area contributed by atoms with Crippen molar-refractivity contribution in [3.05, 3.63) is 29.1 Å². The van der Waals surface area contributed by atoms with Gasteiger partial charge in [0, 0.05) is 5.33 Å². The van der Waals surface area contributed by atoms with Crippen LogP contribution in [0.2, 0.25) is 5.15 Å². The van der Waals surface area contributed by atoms with Crippen molar-refractivity contribution < 1.29 is 5.11 Å². The Hall–Kier alpha value is -0.540. The molecule has 0 atom stereocenters. The Balaban J connectivity index is 2.81. The molecule has 0 bridgehead atoms. The van der Waals surface area contributed by atoms with Gasteiger partial charge in [0.05, 0.1) is 0 Å². The first-order valence-corrected chi connectivity index (χ1v) is 5.32. The maximum absolute atomic E-state index is 9.35. The van der Waals surface area contributed by atoms with Crippen molar-refractivity contribution in [3.8, 4) is 5.75 Å². The lowest BCUT2D eigenvalue weighted by molar-refractivity contribution is 0.471. The van der Waals surface area contributed by atoms with Gasteiger partial charge in [-0.15, -0.1) is 0 Å². The van der Waals surface area contributed by atoms with Gasteiger partial charge in [0.25, 0.3) is 0 Å². The van der Waals surface area contributed by atoms with Crippen molar-refractivity contribution >= 4 is 33.6 Å². The Labute approximate surface area is 90.4 Å². The minimum Gasteiger partial charge on any atom is -0.506 e. The van der Waals surface area contributed by atoms with Gasteiger partial charge in [0.15, 0.2) is 0 Å². The number of rotatable bonds is 3. The highest BCUT2D eigenvalue weighted by atomic mass is 79.9. The monoisotopic (exact) mass is 261 g/mol. The third-order valence-corrected chi connectivity index (χ3v) is 2.09. The molecule has 1 N–H and O–H groups in total. The van der Waals surface area contributed by atoms with E-state index in [4.69, 9.17) is 11.6 Å². The Morgan fingerprint density at radius 3 is 3.00 bits per heavy atom. The fourth-order valence-corrected chi connectivity index (χ4v) is 1.24. The average molecular weight is 263 g/mol. The second kappa shape index (κ2) is 5.25. The van der Waals surface area contributed by atoms with Gasteiger partial charge >= 0.3 is 0 Å². The van der Waals surface area contributed by atoms with E-state index in [0.717, 1.165) is 11.8 Å². The fourth-order valence-electron chi connectivity index (χ4n) is 0.823. The molecule has 1 heterocycles. The van der Waals surface area contributed by atoms with E-state index < -0.39 is 0 Å². The molecule has 70 valence electrons. The zero-order chi connectivity index (χ0) is 9.68. The summed E-state index contributed by atoms with van der Waals surface area (Å²) in [5.74, 6) is 0.148. The highest BCUT2D eigenvalue weighted by molar-refractivity contribution is 9.09. The first-order chi connectivity index (χ1) is 6.24. The molecular weight excluding hydrogens is 253 g/mol. The van der Waals surface area contributed by atoms with E-state index in [1.807, 2.05) is 6.08 Å². The van der Waals surface area contributed by atoms with Crippen LogP contribution < -0.4 is 0 Å². The molecule has 1 aromatic heterocycles. The first-order valence-electron chi connectivity index (χ1n) is 3.82. The topological polar surface area (TPSA) is 33.1 Å². The van der Waals surface area contributed by atoms with Gasteiger partial charge < -0.3 is 5.11 Å². The lowest BCUT2D eigenvalue weighted by Gasteiger charge is -1.97. The van der Waals surface area contributed by atoms with Crippen LogP contribution in [0, 0.1) is 0 Å². The van der Waals surface area contributed by atoms with Crippen molar-refractivity contribution in [3.63, 3.8) is 0 Å². The van der Waals surface area contributed by atoms with Crippen LogP contribution >= 0.6 is 27.5 Å². The summed E-state index contributed by atoms with van der Waals surface area (Å²) in [6, 6.07) is 3.09. The summed E-state index contributed by atoms with van der Waals surface area (Å²) < 4.78 is 0. The smallest absolute Gasteiger partial charge is 0.141 e. The Bertz CT molecular complexity index is 314. The largest absolute Gasteiger partial charge is 0.506 e. The molecular formula is C9H9BrClNO. The highest BCUT2D eigenvalue weighted by Crippen LogP contribution is 2.18. The second-order valence-corrected chi connectivity index (χ2v) is 3.60. The van der Waals surface area contributed by atoms with Gasteiger partial charge in [-0.3, -0.25) is 0 Å². The number of pyridine rings is 1. The number of aromatic hydroxyl groups is 1. The summed E-state index contributed by atoms with van der Waals surface area (Å²) in [6.45, 7) is 0. The van der Waals surface area contributed by atoms with E-state index >= 15 is 0 Å². The first kappa shape index (κ1) is 10.5. The molecule has 0 saturated carbocycles. The summed E-state index contributed by atoms with van der Waals surface area (Å²) in [5.41, 5.74) is 0.508. The van der Waals surface area contributed by atoms with Crippen LogP contribution in [0.4, 0.5) is 0 Å². The molecule has 0 spiro atoms. The summed E-state index contributed by atoms with van der Waals surface area (Å²) in [5, 5.41) is 10.6. The molecule has 0 aliphatic heterocycles. The van der Waals surface area contributed by atoms with E-state index in [0.29, 0.717) is 10.8 Å². The molecule has 0 unspecified atom stereocenters. The van der Waals surface area contributed by atoms with Crippen LogP contribution in [0.3, 0.4) is 0 Å². The zero-order valence-corrected chi connectivity index (χ0v) is 9.22. The van der Waals surface area contributed by atoms with Crippen molar-refractivity contribution in [1.82, 2.24) is 4.98 Å². The Morgan fingerprint density at radius 1 is 1.54 bits per heavy atom. The fraction of sp³-hybridized carbons (Fsp3) is 0.222. The lowest BCUT2D eigenvalue weighted by atomic mass is 10.3. The van der Waals surface area contributed by atoms with Crippen LogP contribution in [0.15, 0.2) is 18.2 Å². The van der Waals surface area contributed by atoms with Gasteiger partial charge in [-0.25, -0.2) is 4.98 Å². The molecule has 0 fully saturated rings. The predicted molar refractivity (Wildman–Crippen MR) is 58.4 cm³/mol. The minimum atomic E-state index is 0.148. The van der Waals surface area contributed by atoms with E-state index in [-0.39, 0.29) is 5.75 Å². The van der Waals surface area contributed by atoms with Gasteiger partial charge in [-0.2, -0.15) is 0 Å². The average Bonchev–Trinajstić information content (AvgIpc) is 2.11. The van der Waals surface area contributed by atoms with E-state index in [9.17, 15) is 5.11 Å². The molecule has 1 aromatic rings. The predicted octanol–water partition coefficient (Wildman–Crippen LogP) is 3.24. The van der Waals surface area contributed by atoms with Gasteiger partial charge in [0.2, 0.25) is 0 Å². The number of hydrogen-bond acceptors (Lipinski definition) is 2. The molecule has 0 aromatic carbocycles. The van der Waals surface area contributed by atoms with Crippen molar-refractivity contribution in [2.75, 3.05) is 5.33 Å². The number of hydrogen-bond donors (Lipinski definition) is 1. The second-order valence-electron chi connectivity index (χ2n) is 2.42. The number of nitrogens with zero attached hydrogens (tertiary/aromatic N) is 1. The quantitative estimate of drug-likeness (QED) is 0.670. The van der Waals surface area contributed by atoms with Gasteiger partial charge in [0.1, 0.15) is 16.6 Å². The number of alkyl halides is 1. The van der Waals surface area contributed by atoms with Crippen molar-refractivity contribution in [2.24, 2.45) is 0 Å². The SMILES string of the molecule is Oc1ccc(Cl)nc1C=CCCBr. The maximum atomic E-state index is 9.35. The number of aromatic nitrogens is 1. The summed E-state index contributed by atoms with van der Waals surface area (Å²) in [6.07, 6.45) is 4.57. The van der Waals surface area contributed by atoms with Crippen molar-refractivity contribution in [2.45, 2.75) is 6.42 Å². The molecule has 0 radical (unpaired) electrons. The standard InChI is InChI=1S/C9H9BrClNO/c10-6-2-1-3-7-8(13)4-5-9(11)12-7/h1,3-5,13H,2,6H2. The van der Waals surface area contributed by atoms with Crippen LogP contribution in [0.1, 0.15) is 12.1 Å². The van der Waals surface area contributed by atoms with Crippen LogP contribution in [-0.4, -0.2) is 15.4 Å². The molecule has 2 nitrogen and oxygen atoms in total. The lowest BCUT2D eigenvalue weighted by Crippen LogP contribution is -1.82. The molecule has 1 rings (SSSR count). The van der Waals surface area contributed by atoms with E-state index in [1.165, 1.54) is 6.07 Å². The molecule has 4 heteroatoms. The van der Waals surface area contributed by atoms with Gasteiger partial charge in [-0.05, 0) is 24.6 Å². The van der Waals surface area contributed by atoms with Crippen LogP contribution in [-0.2, 0) is 0 Å². The highest BCUT2D eigenvalue weighted by Gasteiger charge is 1.98. The third-order valence-electron chi connectivity index (χ3n) is 1.42. The summed E-state index contributed by atoms with van der Waals surface area (Å²) in [7, 11) is 0. The summed E-state index contributed by atoms with van der Waals surface area (Å²) >= 11 is 8.96. The minimum absolute atomic E-state index is 0.148. The molecule has 0 aliphatic rings. The zero-order valence-electron chi connectivity index (χ0n) is 6.87. The van der Waals surface area contributed by atoms with E-state index in [2.05, 4.69) is 20.9 Å². The molecule has 0 saturated heterocycles. The van der Waals surface area contributed by atoms with Crippen LogP contribution in [0.25, 0.3) is 6.08 Å². The Kier molecular flexibility index (Phi) is 4.25. The Morgan fingerprint density at radius 2 is 2.31 bits per heavy atom. The third kappa shape index (κ3) is 3.36. The maximum Gasteiger partial charge on any atom is 0.141 e. The normalized spacial score (nSPS) is 10.9. The molecule has 0 amide bonds. The van der Waals surface area contributed by atoms with Gasteiger partial charge in [-0.1, -0.05) is 33.6 Å².